The number of carbonyl (C=O) groups is 1. The summed E-state index contributed by atoms with van der Waals surface area (Å²) < 4.78 is 1.83. The van der Waals surface area contributed by atoms with Crippen LogP contribution < -0.4 is 5.32 Å². The zero-order valence-electron chi connectivity index (χ0n) is 15.2. The van der Waals surface area contributed by atoms with Crippen molar-refractivity contribution in [3.63, 3.8) is 0 Å². The van der Waals surface area contributed by atoms with Gasteiger partial charge in [0.2, 0.25) is 5.91 Å². The van der Waals surface area contributed by atoms with Gasteiger partial charge in [0.15, 0.2) is 0 Å². The molecule has 0 bridgehead atoms. The van der Waals surface area contributed by atoms with E-state index in [1.165, 1.54) is 12.8 Å². The molecule has 5 heteroatoms. The Balaban J connectivity index is 1.62. The number of pyridine rings is 1. The van der Waals surface area contributed by atoms with E-state index in [4.69, 9.17) is 5.10 Å². The number of carbonyl (C=O) groups excluding carboxylic acids is 1. The number of hydrogen-bond donors (Lipinski definition) is 1. The van der Waals surface area contributed by atoms with Crippen molar-refractivity contribution in [3.8, 4) is 16.9 Å². The number of rotatable bonds is 6. The standard InChI is InChI=1S/C22H22N4O/c1-16(17-9-10-17)24-21(27)12-11-19-15-26(20-7-3-2-4-8-20)25-22(19)18-6-5-13-23-14-18/h2-8,11-17H,9-10H2,1H3,(H,24,27)/b12-11+. The summed E-state index contributed by atoms with van der Waals surface area (Å²) in [5.41, 5.74) is 3.56. The fraction of sp³-hybridized carbons (Fsp3) is 0.227. The lowest BCUT2D eigenvalue weighted by atomic mass is 10.1. The van der Waals surface area contributed by atoms with Crippen molar-refractivity contribution in [2.75, 3.05) is 0 Å². The van der Waals surface area contributed by atoms with Crippen LogP contribution in [0.4, 0.5) is 0 Å². The van der Waals surface area contributed by atoms with Crippen molar-refractivity contribution in [2.45, 2.75) is 25.8 Å². The molecule has 1 unspecified atom stereocenters. The molecule has 2 aromatic heterocycles. The molecule has 27 heavy (non-hydrogen) atoms. The molecule has 1 N–H and O–H groups in total. The third kappa shape index (κ3) is 4.14. The SMILES string of the molecule is CC(NC(=O)/C=C/c1cn(-c2ccccc2)nc1-c1cccnc1)C1CC1. The van der Waals surface area contributed by atoms with Gasteiger partial charge in [0, 0.05) is 41.8 Å². The summed E-state index contributed by atoms with van der Waals surface area (Å²) in [6.07, 6.45) is 11.3. The third-order valence-electron chi connectivity index (χ3n) is 4.81. The first-order valence-corrected chi connectivity index (χ1v) is 9.25. The Labute approximate surface area is 158 Å². The van der Waals surface area contributed by atoms with Gasteiger partial charge in [-0.25, -0.2) is 4.68 Å². The van der Waals surface area contributed by atoms with Gasteiger partial charge in [-0.05, 0) is 56.0 Å². The monoisotopic (exact) mass is 358 g/mol. The molecule has 1 amide bonds. The molecule has 1 aliphatic rings. The zero-order valence-corrected chi connectivity index (χ0v) is 15.2. The molecule has 4 rings (SSSR count). The van der Waals surface area contributed by atoms with E-state index in [9.17, 15) is 4.79 Å². The second-order valence-corrected chi connectivity index (χ2v) is 6.92. The van der Waals surface area contributed by atoms with Crippen LogP contribution in [-0.2, 0) is 4.79 Å². The van der Waals surface area contributed by atoms with E-state index in [1.807, 2.05) is 59.4 Å². The Bertz CT molecular complexity index is 943. The lowest BCUT2D eigenvalue weighted by Gasteiger charge is -2.10. The molecule has 1 atom stereocenters. The molecule has 1 aliphatic carbocycles. The Morgan fingerprint density at radius 1 is 1.22 bits per heavy atom. The van der Waals surface area contributed by atoms with E-state index in [1.54, 1.807) is 18.5 Å². The van der Waals surface area contributed by atoms with Crippen LogP contribution in [0.25, 0.3) is 23.0 Å². The number of amides is 1. The Morgan fingerprint density at radius 3 is 2.74 bits per heavy atom. The second kappa shape index (κ2) is 7.58. The topological polar surface area (TPSA) is 59.8 Å². The molecule has 5 nitrogen and oxygen atoms in total. The van der Waals surface area contributed by atoms with E-state index in [0.29, 0.717) is 5.92 Å². The van der Waals surface area contributed by atoms with Crippen LogP contribution in [0.3, 0.4) is 0 Å². The fourth-order valence-corrected chi connectivity index (χ4v) is 3.10. The van der Waals surface area contributed by atoms with Crippen molar-refractivity contribution in [2.24, 2.45) is 5.92 Å². The van der Waals surface area contributed by atoms with Crippen molar-refractivity contribution in [1.29, 1.82) is 0 Å². The highest BCUT2D eigenvalue weighted by Gasteiger charge is 2.28. The van der Waals surface area contributed by atoms with Gasteiger partial charge in [-0.2, -0.15) is 5.10 Å². The molecule has 0 aliphatic heterocycles. The van der Waals surface area contributed by atoms with Crippen LogP contribution in [-0.4, -0.2) is 26.7 Å². The highest BCUT2D eigenvalue weighted by Crippen LogP contribution is 2.32. The minimum atomic E-state index is -0.0704. The van der Waals surface area contributed by atoms with Gasteiger partial charge < -0.3 is 5.32 Å². The Hall–Kier alpha value is -3.21. The highest BCUT2D eigenvalue weighted by molar-refractivity contribution is 5.93. The number of nitrogens with zero attached hydrogens (tertiary/aromatic N) is 3. The maximum Gasteiger partial charge on any atom is 0.244 e. The van der Waals surface area contributed by atoms with E-state index >= 15 is 0 Å². The van der Waals surface area contributed by atoms with Crippen LogP contribution in [0, 0.1) is 5.92 Å². The third-order valence-corrected chi connectivity index (χ3v) is 4.81. The van der Waals surface area contributed by atoms with Gasteiger partial charge in [-0.15, -0.1) is 0 Å². The van der Waals surface area contributed by atoms with Crippen LogP contribution in [0.5, 0.6) is 0 Å². The van der Waals surface area contributed by atoms with Crippen LogP contribution in [0.1, 0.15) is 25.3 Å². The molecule has 1 aromatic carbocycles. The number of hydrogen-bond acceptors (Lipinski definition) is 3. The van der Waals surface area contributed by atoms with Crippen molar-refractivity contribution in [1.82, 2.24) is 20.1 Å². The summed E-state index contributed by atoms with van der Waals surface area (Å²) in [5, 5.41) is 7.77. The predicted molar refractivity (Wildman–Crippen MR) is 106 cm³/mol. The van der Waals surface area contributed by atoms with E-state index in [0.717, 1.165) is 22.5 Å². The number of para-hydroxylation sites is 1. The highest BCUT2D eigenvalue weighted by atomic mass is 16.1. The normalized spacial score (nSPS) is 15.0. The molecule has 0 radical (unpaired) electrons. The number of nitrogens with one attached hydrogen (secondary N) is 1. The molecule has 0 spiro atoms. The first kappa shape index (κ1) is 17.2. The average Bonchev–Trinajstić information content (AvgIpc) is 3.47. The van der Waals surface area contributed by atoms with E-state index in [-0.39, 0.29) is 11.9 Å². The number of aromatic nitrogens is 3. The minimum absolute atomic E-state index is 0.0704. The minimum Gasteiger partial charge on any atom is -0.350 e. The first-order chi connectivity index (χ1) is 13.2. The Morgan fingerprint density at radius 2 is 2.04 bits per heavy atom. The molecular formula is C22H22N4O. The van der Waals surface area contributed by atoms with Crippen LogP contribution >= 0.6 is 0 Å². The molecule has 136 valence electrons. The molecular weight excluding hydrogens is 336 g/mol. The molecule has 0 saturated heterocycles. The summed E-state index contributed by atoms with van der Waals surface area (Å²) in [6, 6.07) is 14.0. The lowest BCUT2D eigenvalue weighted by molar-refractivity contribution is -0.117. The molecule has 1 fully saturated rings. The summed E-state index contributed by atoms with van der Waals surface area (Å²) in [5.74, 6) is 0.563. The van der Waals surface area contributed by atoms with Gasteiger partial charge in [0.05, 0.1) is 5.69 Å². The van der Waals surface area contributed by atoms with E-state index in [2.05, 4.69) is 17.2 Å². The molecule has 3 aromatic rings. The van der Waals surface area contributed by atoms with Crippen LogP contribution in [0.2, 0.25) is 0 Å². The zero-order chi connectivity index (χ0) is 18.6. The summed E-state index contributed by atoms with van der Waals surface area (Å²) in [4.78, 5) is 16.4. The van der Waals surface area contributed by atoms with Gasteiger partial charge in [0.1, 0.15) is 5.69 Å². The van der Waals surface area contributed by atoms with Crippen LogP contribution in [0.15, 0.2) is 67.1 Å². The first-order valence-electron chi connectivity index (χ1n) is 9.25. The smallest absolute Gasteiger partial charge is 0.244 e. The summed E-state index contributed by atoms with van der Waals surface area (Å²) >= 11 is 0. The lowest BCUT2D eigenvalue weighted by Crippen LogP contribution is -2.32. The second-order valence-electron chi connectivity index (χ2n) is 6.92. The average molecular weight is 358 g/mol. The van der Waals surface area contributed by atoms with Gasteiger partial charge in [-0.3, -0.25) is 9.78 Å². The van der Waals surface area contributed by atoms with E-state index < -0.39 is 0 Å². The summed E-state index contributed by atoms with van der Waals surface area (Å²) in [6.45, 7) is 2.07. The van der Waals surface area contributed by atoms with Crippen molar-refractivity contribution >= 4 is 12.0 Å². The predicted octanol–water partition coefficient (Wildman–Crippen LogP) is 3.86. The van der Waals surface area contributed by atoms with Gasteiger partial charge in [0.25, 0.3) is 0 Å². The molecule has 2 heterocycles. The largest absolute Gasteiger partial charge is 0.350 e. The van der Waals surface area contributed by atoms with Gasteiger partial charge in [-0.1, -0.05) is 18.2 Å². The molecule has 1 saturated carbocycles. The number of benzene rings is 1. The Kier molecular flexibility index (Phi) is 4.83. The maximum atomic E-state index is 12.2. The quantitative estimate of drug-likeness (QED) is 0.681. The summed E-state index contributed by atoms with van der Waals surface area (Å²) in [7, 11) is 0. The van der Waals surface area contributed by atoms with Crippen molar-refractivity contribution < 1.29 is 4.79 Å². The maximum absolute atomic E-state index is 12.2. The fourth-order valence-electron chi connectivity index (χ4n) is 3.10. The van der Waals surface area contributed by atoms with Crippen molar-refractivity contribution in [3.05, 3.63) is 72.7 Å². The van der Waals surface area contributed by atoms with Gasteiger partial charge >= 0.3 is 0 Å².